The molecule has 24 heavy (non-hydrogen) atoms. The molecular weight excluding hydrogens is 328 g/mol. The molecule has 7 nitrogen and oxygen atoms in total. The maximum Gasteiger partial charge on any atom is 0.282 e. The molecule has 0 radical (unpaired) electrons. The van der Waals surface area contributed by atoms with Gasteiger partial charge < -0.3 is 0 Å². The van der Waals surface area contributed by atoms with Crippen LogP contribution in [0.3, 0.4) is 0 Å². The highest BCUT2D eigenvalue weighted by Gasteiger charge is 2.20. The predicted octanol–water partition coefficient (Wildman–Crippen LogP) is 3.67. The number of carbonyl (C=O) groups is 1. The van der Waals surface area contributed by atoms with Crippen molar-refractivity contribution in [3.63, 3.8) is 0 Å². The fourth-order valence-electron chi connectivity index (χ4n) is 2.16. The normalized spacial score (nSPS) is 10.4. The minimum atomic E-state index is -0.590. The Morgan fingerprint density at radius 3 is 2.71 bits per heavy atom. The Morgan fingerprint density at radius 1 is 1.17 bits per heavy atom. The van der Waals surface area contributed by atoms with Gasteiger partial charge >= 0.3 is 0 Å². The number of rotatable bonds is 4. The summed E-state index contributed by atoms with van der Waals surface area (Å²) in [4.78, 5) is 22.7. The van der Waals surface area contributed by atoms with Gasteiger partial charge in [-0.05, 0) is 19.1 Å². The molecule has 0 bridgehead atoms. The highest BCUT2D eigenvalue weighted by Crippen LogP contribution is 2.27. The Balaban J connectivity index is 1.83. The number of nitro benzene ring substituents is 1. The minimum absolute atomic E-state index is 0.0187. The average molecular weight is 340 g/mol. The molecule has 0 atom stereocenters. The molecule has 1 N–H and O–H groups in total. The van der Waals surface area contributed by atoms with Gasteiger partial charge in [0.25, 0.3) is 11.6 Å². The van der Waals surface area contributed by atoms with E-state index in [1.54, 1.807) is 6.07 Å². The molecular formula is C16H12N4O3S. The zero-order valence-corrected chi connectivity index (χ0v) is 13.4. The van der Waals surface area contributed by atoms with Gasteiger partial charge in [0, 0.05) is 11.6 Å². The number of anilines is 1. The van der Waals surface area contributed by atoms with E-state index in [-0.39, 0.29) is 16.4 Å². The Bertz CT molecular complexity index is 923. The van der Waals surface area contributed by atoms with Crippen molar-refractivity contribution in [1.29, 1.82) is 0 Å². The van der Waals surface area contributed by atoms with E-state index >= 15 is 0 Å². The lowest BCUT2D eigenvalue weighted by atomic mass is 10.1. The third-order valence-electron chi connectivity index (χ3n) is 3.26. The summed E-state index contributed by atoms with van der Waals surface area (Å²) in [6, 6.07) is 13.5. The monoisotopic (exact) mass is 340 g/mol. The highest BCUT2D eigenvalue weighted by atomic mass is 32.1. The molecule has 1 amide bonds. The van der Waals surface area contributed by atoms with Crippen molar-refractivity contribution < 1.29 is 9.72 Å². The second-order valence-corrected chi connectivity index (χ2v) is 5.99. The number of amides is 1. The smallest absolute Gasteiger partial charge is 0.282 e. The van der Waals surface area contributed by atoms with E-state index in [1.807, 2.05) is 31.2 Å². The van der Waals surface area contributed by atoms with E-state index in [0.29, 0.717) is 5.01 Å². The molecule has 1 heterocycles. The van der Waals surface area contributed by atoms with Crippen molar-refractivity contribution in [2.75, 3.05) is 5.32 Å². The number of para-hydroxylation sites is 1. The molecule has 0 aliphatic heterocycles. The van der Waals surface area contributed by atoms with E-state index < -0.39 is 10.8 Å². The number of aromatic nitrogens is 2. The topological polar surface area (TPSA) is 98.0 Å². The van der Waals surface area contributed by atoms with Crippen molar-refractivity contribution >= 4 is 28.1 Å². The SMILES string of the molecule is Cc1cccc(-c2nnc(NC(=O)c3ccccc3[N+](=O)[O-])s2)c1. The van der Waals surface area contributed by atoms with Crippen LogP contribution in [0.4, 0.5) is 10.8 Å². The molecule has 0 fully saturated rings. The average Bonchev–Trinajstić information content (AvgIpc) is 3.03. The van der Waals surface area contributed by atoms with Gasteiger partial charge in [0.2, 0.25) is 5.13 Å². The summed E-state index contributed by atoms with van der Waals surface area (Å²) in [5, 5.41) is 22.5. The van der Waals surface area contributed by atoms with E-state index in [9.17, 15) is 14.9 Å². The van der Waals surface area contributed by atoms with Crippen LogP contribution < -0.4 is 5.32 Å². The molecule has 8 heteroatoms. The molecule has 0 aliphatic rings. The van der Waals surface area contributed by atoms with Crippen LogP contribution in [-0.2, 0) is 0 Å². The van der Waals surface area contributed by atoms with Crippen LogP contribution in [0.2, 0.25) is 0 Å². The van der Waals surface area contributed by atoms with Gasteiger partial charge in [-0.2, -0.15) is 0 Å². The first kappa shape index (κ1) is 15.8. The molecule has 2 aromatic carbocycles. The lowest BCUT2D eigenvalue weighted by molar-refractivity contribution is -0.385. The molecule has 120 valence electrons. The van der Waals surface area contributed by atoms with Crippen LogP contribution >= 0.6 is 11.3 Å². The van der Waals surface area contributed by atoms with Crippen molar-refractivity contribution in [2.45, 2.75) is 6.92 Å². The first-order valence-electron chi connectivity index (χ1n) is 7.00. The summed E-state index contributed by atoms with van der Waals surface area (Å²) in [5.74, 6) is -0.589. The first-order valence-corrected chi connectivity index (χ1v) is 7.81. The standard InChI is InChI=1S/C16H12N4O3S/c1-10-5-4-6-11(9-10)15-18-19-16(24-15)17-14(21)12-7-2-3-8-13(12)20(22)23/h2-9H,1H3,(H,17,19,21). The summed E-state index contributed by atoms with van der Waals surface area (Å²) in [5.41, 5.74) is 1.72. The largest absolute Gasteiger partial charge is 0.296 e. The lowest BCUT2D eigenvalue weighted by Crippen LogP contribution is -2.13. The fraction of sp³-hybridized carbons (Fsp3) is 0.0625. The number of hydrogen-bond acceptors (Lipinski definition) is 6. The Hall–Kier alpha value is -3.13. The molecule has 0 aliphatic carbocycles. The summed E-state index contributed by atoms with van der Waals surface area (Å²) < 4.78 is 0. The number of nitrogens with one attached hydrogen (secondary N) is 1. The minimum Gasteiger partial charge on any atom is -0.296 e. The van der Waals surface area contributed by atoms with Gasteiger partial charge in [0.15, 0.2) is 0 Å². The Morgan fingerprint density at radius 2 is 1.96 bits per heavy atom. The molecule has 0 saturated carbocycles. The number of nitrogens with zero attached hydrogens (tertiary/aromatic N) is 3. The van der Waals surface area contributed by atoms with Crippen LogP contribution in [0.25, 0.3) is 10.6 Å². The lowest BCUT2D eigenvalue weighted by Gasteiger charge is -2.02. The second-order valence-electron chi connectivity index (χ2n) is 5.01. The third kappa shape index (κ3) is 3.28. The Labute approximate surface area is 141 Å². The van der Waals surface area contributed by atoms with Gasteiger partial charge in [-0.15, -0.1) is 10.2 Å². The number of benzene rings is 2. The van der Waals surface area contributed by atoms with Gasteiger partial charge in [0.1, 0.15) is 10.6 Å². The zero-order valence-electron chi connectivity index (χ0n) is 12.6. The van der Waals surface area contributed by atoms with E-state index in [1.165, 1.54) is 29.5 Å². The quantitative estimate of drug-likeness (QED) is 0.577. The molecule has 3 rings (SSSR count). The van der Waals surface area contributed by atoms with Gasteiger partial charge in [-0.25, -0.2) is 0 Å². The van der Waals surface area contributed by atoms with Gasteiger partial charge in [0.05, 0.1) is 4.92 Å². The summed E-state index contributed by atoms with van der Waals surface area (Å²) in [6.07, 6.45) is 0. The van der Waals surface area contributed by atoms with Crippen LogP contribution in [0, 0.1) is 17.0 Å². The summed E-state index contributed by atoms with van der Waals surface area (Å²) >= 11 is 1.21. The van der Waals surface area contributed by atoms with Crippen LogP contribution in [-0.4, -0.2) is 21.0 Å². The number of carbonyl (C=O) groups excluding carboxylic acids is 1. The third-order valence-corrected chi connectivity index (χ3v) is 4.14. The molecule has 0 unspecified atom stereocenters. The maximum absolute atomic E-state index is 12.3. The van der Waals surface area contributed by atoms with Crippen molar-refractivity contribution in [3.05, 3.63) is 69.8 Å². The maximum atomic E-state index is 12.3. The van der Waals surface area contributed by atoms with Gasteiger partial charge in [-0.3, -0.25) is 20.2 Å². The van der Waals surface area contributed by atoms with E-state index in [2.05, 4.69) is 15.5 Å². The van der Waals surface area contributed by atoms with Crippen molar-refractivity contribution in [3.8, 4) is 10.6 Å². The zero-order chi connectivity index (χ0) is 17.1. The fourth-order valence-corrected chi connectivity index (χ4v) is 2.89. The van der Waals surface area contributed by atoms with Crippen LogP contribution in [0.5, 0.6) is 0 Å². The number of hydrogen-bond donors (Lipinski definition) is 1. The summed E-state index contributed by atoms with van der Waals surface area (Å²) in [7, 11) is 0. The number of aryl methyl sites for hydroxylation is 1. The molecule has 0 spiro atoms. The highest BCUT2D eigenvalue weighted by molar-refractivity contribution is 7.18. The van der Waals surface area contributed by atoms with Gasteiger partial charge in [-0.1, -0.05) is 47.2 Å². The first-order chi connectivity index (χ1) is 11.5. The van der Waals surface area contributed by atoms with E-state index in [0.717, 1.165) is 11.1 Å². The molecule has 1 aromatic heterocycles. The molecule has 0 saturated heterocycles. The van der Waals surface area contributed by atoms with Crippen molar-refractivity contribution in [1.82, 2.24) is 10.2 Å². The Kier molecular flexibility index (Phi) is 4.30. The molecule has 3 aromatic rings. The second kappa shape index (κ2) is 6.55. The van der Waals surface area contributed by atoms with E-state index in [4.69, 9.17) is 0 Å². The van der Waals surface area contributed by atoms with Crippen molar-refractivity contribution in [2.24, 2.45) is 0 Å². The number of nitro groups is 1. The predicted molar refractivity (Wildman–Crippen MR) is 91.1 cm³/mol. The summed E-state index contributed by atoms with van der Waals surface area (Å²) in [6.45, 7) is 1.97. The van der Waals surface area contributed by atoms with Crippen LogP contribution in [0.15, 0.2) is 48.5 Å². The van der Waals surface area contributed by atoms with Crippen LogP contribution in [0.1, 0.15) is 15.9 Å².